The van der Waals surface area contributed by atoms with Crippen LogP contribution in [0.2, 0.25) is 5.02 Å². The van der Waals surface area contributed by atoms with Crippen LogP contribution in [0.15, 0.2) is 42.5 Å². The van der Waals surface area contributed by atoms with Crippen molar-refractivity contribution in [3.05, 3.63) is 64.2 Å². The molecule has 0 aliphatic rings. The molecule has 2 aromatic carbocycles. The molecule has 0 bridgehead atoms. The second kappa shape index (κ2) is 5.89. The molecule has 2 nitrogen and oxygen atoms in total. The number of hydrogen-bond acceptors (Lipinski definition) is 2. The first-order valence-electron chi connectivity index (χ1n) is 6.03. The van der Waals surface area contributed by atoms with Gasteiger partial charge in [-0.1, -0.05) is 35.9 Å². The predicted octanol–water partition coefficient (Wildman–Crippen LogP) is 4.08. The summed E-state index contributed by atoms with van der Waals surface area (Å²) in [5, 5.41) is 0.605. The average Bonchev–Trinajstić information content (AvgIpc) is 2.39. The maximum atomic E-state index is 12.3. The van der Waals surface area contributed by atoms with E-state index in [4.69, 9.17) is 16.3 Å². The van der Waals surface area contributed by atoms with Crippen LogP contribution in [0.4, 0.5) is 0 Å². The fraction of sp³-hybridized carbons (Fsp3) is 0.188. The summed E-state index contributed by atoms with van der Waals surface area (Å²) in [6.45, 7) is 1.93. The standard InChI is InChI=1S/C16H15ClO2/c1-11-5-3-4-6-14(11)15(18)10-12-9-13(17)7-8-16(12)19-2/h3-9H,10H2,1-2H3. The first-order valence-corrected chi connectivity index (χ1v) is 6.41. The van der Waals surface area contributed by atoms with Crippen molar-refractivity contribution in [1.29, 1.82) is 0 Å². The summed E-state index contributed by atoms with van der Waals surface area (Å²) >= 11 is 5.97. The molecule has 0 aliphatic heterocycles. The van der Waals surface area contributed by atoms with Gasteiger partial charge in [0.1, 0.15) is 5.75 Å². The summed E-state index contributed by atoms with van der Waals surface area (Å²) in [5.41, 5.74) is 2.53. The van der Waals surface area contributed by atoms with Crippen LogP contribution in [-0.4, -0.2) is 12.9 Å². The van der Waals surface area contributed by atoms with Crippen molar-refractivity contribution >= 4 is 17.4 Å². The number of ketones is 1. The van der Waals surface area contributed by atoms with Crippen LogP contribution in [0.25, 0.3) is 0 Å². The highest BCUT2D eigenvalue weighted by atomic mass is 35.5. The SMILES string of the molecule is COc1ccc(Cl)cc1CC(=O)c1ccccc1C. The van der Waals surface area contributed by atoms with E-state index in [0.29, 0.717) is 10.8 Å². The second-order valence-electron chi connectivity index (χ2n) is 4.37. The number of rotatable bonds is 4. The summed E-state index contributed by atoms with van der Waals surface area (Å²) < 4.78 is 5.26. The Bertz CT molecular complexity index is 605. The van der Waals surface area contributed by atoms with Crippen molar-refractivity contribution in [2.75, 3.05) is 7.11 Å². The molecule has 0 spiro atoms. The number of carbonyl (C=O) groups is 1. The van der Waals surface area contributed by atoms with Gasteiger partial charge in [-0.2, -0.15) is 0 Å². The number of benzene rings is 2. The first-order chi connectivity index (χ1) is 9.11. The Morgan fingerprint density at radius 1 is 1.21 bits per heavy atom. The third kappa shape index (κ3) is 3.15. The van der Waals surface area contributed by atoms with Crippen molar-refractivity contribution in [2.45, 2.75) is 13.3 Å². The highest BCUT2D eigenvalue weighted by Crippen LogP contribution is 2.24. The van der Waals surface area contributed by atoms with Crippen LogP contribution in [0.1, 0.15) is 21.5 Å². The minimum Gasteiger partial charge on any atom is -0.496 e. The van der Waals surface area contributed by atoms with Crippen molar-refractivity contribution in [1.82, 2.24) is 0 Å². The van der Waals surface area contributed by atoms with Crippen LogP contribution < -0.4 is 4.74 Å². The quantitative estimate of drug-likeness (QED) is 0.785. The van der Waals surface area contributed by atoms with Gasteiger partial charge in [0.15, 0.2) is 5.78 Å². The van der Waals surface area contributed by atoms with Crippen LogP contribution >= 0.6 is 11.6 Å². The highest BCUT2D eigenvalue weighted by Gasteiger charge is 2.13. The van der Waals surface area contributed by atoms with Crippen LogP contribution in [0.5, 0.6) is 5.75 Å². The zero-order valence-electron chi connectivity index (χ0n) is 10.9. The van der Waals surface area contributed by atoms with E-state index in [0.717, 1.165) is 16.7 Å². The number of carbonyl (C=O) groups excluding carboxylic acids is 1. The Labute approximate surface area is 118 Å². The summed E-state index contributed by atoms with van der Waals surface area (Å²) in [6, 6.07) is 12.9. The van der Waals surface area contributed by atoms with Gasteiger partial charge >= 0.3 is 0 Å². The molecule has 0 radical (unpaired) electrons. The normalized spacial score (nSPS) is 10.3. The number of ether oxygens (including phenoxy) is 1. The lowest BCUT2D eigenvalue weighted by atomic mass is 9.99. The minimum atomic E-state index is 0.0682. The van der Waals surface area contributed by atoms with Gasteiger partial charge in [0, 0.05) is 22.6 Å². The lowest BCUT2D eigenvalue weighted by molar-refractivity contribution is 0.0991. The van der Waals surface area contributed by atoms with Gasteiger partial charge in [-0.05, 0) is 30.7 Å². The van der Waals surface area contributed by atoms with E-state index < -0.39 is 0 Å². The number of aryl methyl sites for hydroxylation is 1. The number of methoxy groups -OCH3 is 1. The molecule has 2 aromatic rings. The largest absolute Gasteiger partial charge is 0.496 e. The van der Waals surface area contributed by atoms with Gasteiger partial charge in [-0.15, -0.1) is 0 Å². The van der Waals surface area contributed by atoms with E-state index in [2.05, 4.69) is 0 Å². The van der Waals surface area contributed by atoms with Gasteiger partial charge in [0.05, 0.1) is 7.11 Å². The fourth-order valence-corrected chi connectivity index (χ4v) is 2.23. The monoisotopic (exact) mass is 274 g/mol. The fourth-order valence-electron chi connectivity index (χ4n) is 2.04. The van der Waals surface area contributed by atoms with E-state index in [-0.39, 0.29) is 12.2 Å². The molecule has 0 saturated heterocycles. The Kier molecular flexibility index (Phi) is 4.23. The lowest BCUT2D eigenvalue weighted by Gasteiger charge is -2.09. The third-order valence-corrected chi connectivity index (χ3v) is 3.27. The molecule has 0 aliphatic carbocycles. The summed E-state index contributed by atoms with van der Waals surface area (Å²) in [4.78, 5) is 12.3. The van der Waals surface area contributed by atoms with Gasteiger partial charge in [0.25, 0.3) is 0 Å². The van der Waals surface area contributed by atoms with Crippen LogP contribution in [-0.2, 0) is 6.42 Å². The zero-order valence-corrected chi connectivity index (χ0v) is 11.7. The number of Topliss-reactive ketones (excluding diaryl/α,β-unsaturated/α-hetero) is 1. The molecule has 2 rings (SSSR count). The summed E-state index contributed by atoms with van der Waals surface area (Å²) in [5.74, 6) is 0.755. The Morgan fingerprint density at radius 2 is 1.95 bits per heavy atom. The third-order valence-electron chi connectivity index (χ3n) is 3.04. The van der Waals surface area contributed by atoms with Crippen LogP contribution in [0.3, 0.4) is 0 Å². The Hall–Kier alpha value is -1.80. The number of halogens is 1. The van der Waals surface area contributed by atoms with Crippen molar-refractivity contribution in [3.8, 4) is 5.75 Å². The minimum absolute atomic E-state index is 0.0682. The maximum Gasteiger partial charge on any atom is 0.167 e. The molecule has 0 amide bonds. The Morgan fingerprint density at radius 3 is 2.63 bits per heavy atom. The maximum absolute atomic E-state index is 12.3. The molecule has 98 valence electrons. The van der Waals surface area contributed by atoms with Crippen molar-refractivity contribution in [3.63, 3.8) is 0 Å². The molecule has 19 heavy (non-hydrogen) atoms. The molecular formula is C16H15ClO2. The van der Waals surface area contributed by atoms with Crippen LogP contribution in [0, 0.1) is 6.92 Å². The molecule has 0 heterocycles. The zero-order chi connectivity index (χ0) is 13.8. The topological polar surface area (TPSA) is 26.3 Å². The molecule has 0 unspecified atom stereocenters. The molecule has 0 atom stereocenters. The highest BCUT2D eigenvalue weighted by molar-refractivity contribution is 6.30. The first kappa shape index (κ1) is 13.6. The summed E-state index contributed by atoms with van der Waals surface area (Å²) in [6.07, 6.45) is 0.286. The molecule has 0 saturated carbocycles. The predicted molar refractivity (Wildman–Crippen MR) is 77.2 cm³/mol. The van der Waals surface area contributed by atoms with Gasteiger partial charge in [-0.3, -0.25) is 4.79 Å². The van der Waals surface area contributed by atoms with E-state index in [1.165, 1.54) is 0 Å². The van der Waals surface area contributed by atoms with E-state index >= 15 is 0 Å². The average molecular weight is 275 g/mol. The molecule has 0 N–H and O–H groups in total. The van der Waals surface area contributed by atoms with Gasteiger partial charge in [-0.25, -0.2) is 0 Å². The molecule has 0 aromatic heterocycles. The van der Waals surface area contributed by atoms with E-state index in [1.54, 1.807) is 25.3 Å². The molecular weight excluding hydrogens is 260 g/mol. The van der Waals surface area contributed by atoms with Crippen molar-refractivity contribution in [2.24, 2.45) is 0 Å². The lowest BCUT2D eigenvalue weighted by Crippen LogP contribution is -2.06. The van der Waals surface area contributed by atoms with Gasteiger partial charge < -0.3 is 4.74 Å². The van der Waals surface area contributed by atoms with Gasteiger partial charge in [0.2, 0.25) is 0 Å². The van der Waals surface area contributed by atoms with E-state index in [9.17, 15) is 4.79 Å². The smallest absolute Gasteiger partial charge is 0.167 e. The number of hydrogen-bond donors (Lipinski definition) is 0. The Balaban J connectivity index is 2.29. The molecule has 3 heteroatoms. The second-order valence-corrected chi connectivity index (χ2v) is 4.81. The van der Waals surface area contributed by atoms with E-state index in [1.807, 2.05) is 31.2 Å². The van der Waals surface area contributed by atoms with Crippen molar-refractivity contribution < 1.29 is 9.53 Å². The summed E-state index contributed by atoms with van der Waals surface area (Å²) in [7, 11) is 1.59. The molecule has 0 fully saturated rings.